The summed E-state index contributed by atoms with van der Waals surface area (Å²) in [6.45, 7) is 1.53. The standard InChI is InChI=1S/C19H25FN2O4S/c1-12-8-14(4-5-17(12)20)16(13-2-3-13)9-18(23)21-10-19(24)22-15-6-7-27(25,26)11-15/h4-5,8,13,15-16H,2-3,6-7,9-11H2,1H3,(H,21,23)(H,22,24). The van der Waals surface area contributed by atoms with Crippen LogP contribution in [0.1, 0.15) is 42.7 Å². The maximum absolute atomic E-state index is 13.5. The molecule has 2 unspecified atom stereocenters. The Morgan fingerprint density at radius 2 is 1.96 bits per heavy atom. The molecule has 1 aromatic rings. The van der Waals surface area contributed by atoms with E-state index in [1.54, 1.807) is 19.1 Å². The Morgan fingerprint density at radius 3 is 2.56 bits per heavy atom. The third-order valence-corrected chi connectivity index (χ3v) is 7.02. The number of carbonyl (C=O) groups excluding carboxylic acids is 2. The van der Waals surface area contributed by atoms with Gasteiger partial charge in [0.05, 0.1) is 18.1 Å². The molecule has 8 heteroatoms. The Hall–Kier alpha value is -1.96. The zero-order chi connectivity index (χ0) is 19.6. The topological polar surface area (TPSA) is 92.3 Å². The molecule has 2 N–H and O–H groups in total. The Balaban J connectivity index is 1.50. The lowest BCUT2D eigenvalue weighted by Crippen LogP contribution is -2.42. The normalized spacial score (nSPS) is 22.2. The van der Waals surface area contributed by atoms with E-state index in [4.69, 9.17) is 0 Å². The van der Waals surface area contributed by atoms with E-state index in [1.807, 2.05) is 0 Å². The van der Waals surface area contributed by atoms with Gasteiger partial charge in [0.2, 0.25) is 11.8 Å². The van der Waals surface area contributed by atoms with Crippen molar-refractivity contribution < 1.29 is 22.4 Å². The first-order chi connectivity index (χ1) is 12.7. The molecule has 2 aliphatic rings. The molecule has 0 radical (unpaired) electrons. The average Bonchev–Trinajstić information content (AvgIpc) is 3.38. The molecule has 27 heavy (non-hydrogen) atoms. The summed E-state index contributed by atoms with van der Waals surface area (Å²) in [5.41, 5.74) is 1.51. The number of sulfone groups is 1. The van der Waals surface area contributed by atoms with Gasteiger partial charge in [-0.25, -0.2) is 12.8 Å². The number of aryl methyl sites for hydroxylation is 1. The van der Waals surface area contributed by atoms with E-state index in [1.165, 1.54) is 6.07 Å². The predicted molar refractivity (Wildman–Crippen MR) is 99.4 cm³/mol. The summed E-state index contributed by atoms with van der Waals surface area (Å²) in [5, 5.41) is 5.26. The van der Waals surface area contributed by atoms with Crippen LogP contribution in [0, 0.1) is 18.7 Å². The number of hydrogen-bond acceptors (Lipinski definition) is 4. The summed E-state index contributed by atoms with van der Waals surface area (Å²) in [7, 11) is -3.06. The van der Waals surface area contributed by atoms with Gasteiger partial charge in [-0.1, -0.05) is 12.1 Å². The molecule has 148 valence electrons. The summed E-state index contributed by atoms with van der Waals surface area (Å²) in [5.74, 6) is -0.395. The van der Waals surface area contributed by atoms with Crippen LogP contribution in [-0.2, 0) is 19.4 Å². The molecule has 0 spiro atoms. The number of halogens is 1. The second-order valence-electron chi connectivity index (χ2n) is 7.60. The highest BCUT2D eigenvalue weighted by Gasteiger charge is 2.34. The quantitative estimate of drug-likeness (QED) is 0.729. The van der Waals surface area contributed by atoms with Crippen LogP contribution in [-0.4, -0.2) is 44.3 Å². The number of nitrogens with one attached hydrogen (secondary N) is 2. The zero-order valence-corrected chi connectivity index (χ0v) is 16.1. The van der Waals surface area contributed by atoms with Crippen molar-refractivity contribution in [3.05, 3.63) is 35.1 Å². The van der Waals surface area contributed by atoms with Gasteiger partial charge in [0, 0.05) is 12.5 Å². The summed E-state index contributed by atoms with van der Waals surface area (Å²) in [4.78, 5) is 24.2. The highest BCUT2D eigenvalue weighted by atomic mass is 32.2. The fraction of sp³-hybridized carbons (Fsp3) is 0.579. The van der Waals surface area contributed by atoms with Gasteiger partial charge in [0.1, 0.15) is 5.82 Å². The highest BCUT2D eigenvalue weighted by molar-refractivity contribution is 7.91. The molecule has 3 rings (SSSR count). The number of hydrogen-bond donors (Lipinski definition) is 2. The summed E-state index contributed by atoms with van der Waals surface area (Å²) < 4.78 is 36.3. The van der Waals surface area contributed by atoms with Gasteiger partial charge < -0.3 is 10.6 Å². The molecule has 1 saturated heterocycles. The SMILES string of the molecule is Cc1cc(C(CC(=O)NCC(=O)NC2CCS(=O)(=O)C2)C2CC2)ccc1F. The van der Waals surface area contributed by atoms with E-state index < -0.39 is 9.84 Å². The first-order valence-corrected chi connectivity index (χ1v) is 11.1. The molecule has 1 aliphatic carbocycles. The molecular formula is C19H25FN2O4S. The van der Waals surface area contributed by atoms with Crippen molar-refractivity contribution in [2.24, 2.45) is 5.92 Å². The van der Waals surface area contributed by atoms with Crippen LogP contribution in [0.5, 0.6) is 0 Å². The monoisotopic (exact) mass is 396 g/mol. The highest BCUT2D eigenvalue weighted by Crippen LogP contribution is 2.44. The second kappa shape index (κ2) is 7.96. The van der Waals surface area contributed by atoms with Crippen LogP contribution in [0.4, 0.5) is 4.39 Å². The molecule has 6 nitrogen and oxygen atoms in total. The van der Waals surface area contributed by atoms with Crippen LogP contribution >= 0.6 is 0 Å². The van der Waals surface area contributed by atoms with E-state index in [-0.39, 0.29) is 54.1 Å². The van der Waals surface area contributed by atoms with Gasteiger partial charge in [-0.15, -0.1) is 0 Å². The summed E-state index contributed by atoms with van der Waals surface area (Å²) in [6, 6.07) is 4.58. The number of carbonyl (C=O) groups is 2. The van der Waals surface area contributed by atoms with Crippen LogP contribution in [0.25, 0.3) is 0 Å². The van der Waals surface area contributed by atoms with Gasteiger partial charge in [-0.3, -0.25) is 9.59 Å². The van der Waals surface area contributed by atoms with Gasteiger partial charge in [0.15, 0.2) is 9.84 Å². The Bertz CT molecular complexity index is 836. The minimum absolute atomic E-state index is 0.0207. The van der Waals surface area contributed by atoms with Gasteiger partial charge in [-0.05, 0) is 55.2 Å². The molecule has 0 bridgehead atoms. The van der Waals surface area contributed by atoms with Crippen molar-refractivity contribution >= 4 is 21.7 Å². The third-order valence-electron chi connectivity index (χ3n) is 5.25. The largest absolute Gasteiger partial charge is 0.351 e. The number of rotatable bonds is 7. The maximum Gasteiger partial charge on any atom is 0.239 e. The third kappa shape index (κ3) is 5.51. The number of amides is 2. The Labute approximate surface area is 158 Å². The van der Waals surface area contributed by atoms with Crippen molar-refractivity contribution in [2.45, 2.75) is 44.6 Å². The van der Waals surface area contributed by atoms with Gasteiger partial charge in [0.25, 0.3) is 0 Å². The minimum Gasteiger partial charge on any atom is -0.351 e. The predicted octanol–water partition coefficient (Wildman–Crippen LogP) is 1.44. The molecule has 1 saturated carbocycles. The van der Waals surface area contributed by atoms with Crippen molar-refractivity contribution in [2.75, 3.05) is 18.1 Å². The first-order valence-electron chi connectivity index (χ1n) is 9.26. The fourth-order valence-corrected chi connectivity index (χ4v) is 5.27. The van der Waals surface area contributed by atoms with Crippen molar-refractivity contribution in [3.63, 3.8) is 0 Å². The molecular weight excluding hydrogens is 371 g/mol. The van der Waals surface area contributed by atoms with E-state index in [2.05, 4.69) is 10.6 Å². The molecule has 1 heterocycles. The van der Waals surface area contributed by atoms with Crippen LogP contribution in [0.3, 0.4) is 0 Å². The van der Waals surface area contributed by atoms with E-state index in [9.17, 15) is 22.4 Å². The van der Waals surface area contributed by atoms with Crippen LogP contribution in [0.2, 0.25) is 0 Å². The lowest BCUT2D eigenvalue weighted by molar-refractivity contribution is -0.126. The van der Waals surface area contributed by atoms with Crippen LogP contribution in [0.15, 0.2) is 18.2 Å². The molecule has 2 amide bonds. The van der Waals surface area contributed by atoms with E-state index in [0.717, 1.165) is 18.4 Å². The molecule has 2 atom stereocenters. The summed E-state index contributed by atoms with van der Waals surface area (Å²) in [6.07, 6.45) is 2.76. The van der Waals surface area contributed by atoms with E-state index in [0.29, 0.717) is 17.9 Å². The van der Waals surface area contributed by atoms with Crippen molar-refractivity contribution in [1.82, 2.24) is 10.6 Å². The average molecular weight is 396 g/mol. The lowest BCUT2D eigenvalue weighted by Gasteiger charge is -2.18. The maximum atomic E-state index is 13.5. The first kappa shape index (κ1) is 19.8. The van der Waals surface area contributed by atoms with Crippen LogP contribution < -0.4 is 10.6 Å². The lowest BCUT2D eigenvalue weighted by atomic mass is 9.89. The Morgan fingerprint density at radius 1 is 1.22 bits per heavy atom. The second-order valence-corrected chi connectivity index (χ2v) is 9.83. The minimum atomic E-state index is -3.06. The van der Waals surface area contributed by atoms with Gasteiger partial charge in [-0.2, -0.15) is 0 Å². The van der Waals surface area contributed by atoms with Gasteiger partial charge >= 0.3 is 0 Å². The summed E-state index contributed by atoms with van der Waals surface area (Å²) >= 11 is 0. The Kier molecular flexibility index (Phi) is 5.83. The fourth-order valence-electron chi connectivity index (χ4n) is 3.59. The zero-order valence-electron chi connectivity index (χ0n) is 15.3. The van der Waals surface area contributed by atoms with E-state index >= 15 is 0 Å². The number of benzene rings is 1. The molecule has 1 aliphatic heterocycles. The molecule has 2 fully saturated rings. The smallest absolute Gasteiger partial charge is 0.239 e. The molecule has 1 aromatic carbocycles. The van der Waals surface area contributed by atoms with Crippen molar-refractivity contribution in [1.29, 1.82) is 0 Å². The van der Waals surface area contributed by atoms with Crippen molar-refractivity contribution in [3.8, 4) is 0 Å². The molecule has 0 aromatic heterocycles.